The molecule has 0 aliphatic rings. The monoisotopic (exact) mass is 347 g/mol. The Morgan fingerprint density at radius 2 is 2.00 bits per heavy atom. The van der Waals surface area contributed by atoms with Gasteiger partial charge in [-0.1, -0.05) is 29.8 Å². The van der Waals surface area contributed by atoms with Crippen LogP contribution in [0.4, 0.5) is 4.79 Å². The van der Waals surface area contributed by atoms with Gasteiger partial charge in [0.25, 0.3) is 0 Å². The van der Waals surface area contributed by atoms with Crippen LogP contribution >= 0.6 is 11.6 Å². The van der Waals surface area contributed by atoms with Crippen LogP contribution in [0.3, 0.4) is 0 Å². The van der Waals surface area contributed by atoms with Gasteiger partial charge in [0, 0.05) is 31.9 Å². The summed E-state index contributed by atoms with van der Waals surface area (Å²) in [5.41, 5.74) is 1.80. The van der Waals surface area contributed by atoms with E-state index in [0.717, 1.165) is 11.3 Å². The largest absolute Gasteiger partial charge is 0.375 e. The van der Waals surface area contributed by atoms with Crippen molar-refractivity contribution in [3.05, 3.63) is 64.9 Å². The molecule has 2 amide bonds. The maximum atomic E-state index is 12.4. The summed E-state index contributed by atoms with van der Waals surface area (Å²) in [6.45, 7) is 2.31. The van der Waals surface area contributed by atoms with Crippen LogP contribution in [-0.2, 0) is 4.74 Å². The number of ether oxygens (including phenoxy) is 1. The molecule has 128 valence electrons. The number of aromatic nitrogens is 1. The van der Waals surface area contributed by atoms with E-state index in [0.29, 0.717) is 11.6 Å². The van der Waals surface area contributed by atoms with Gasteiger partial charge in [-0.05, 0) is 36.8 Å². The maximum Gasteiger partial charge on any atom is 0.317 e. The molecule has 0 bridgehead atoms. The van der Waals surface area contributed by atoms with Crippen molar-refractivity contribution in [2.45, 2.75) is 19.1 Å². The zero-order valence-electron chi connectivity index (χ0n) is 14.1. The molecule has 1 heterocycles. The van der Waals surface area contributed by atoms with Crippen molar-refractivity contribution in [2.75, 3.05) is 20.7 Å². The number of urea groups is 1. The smallest absolute Gasteiger partial charge is 0.317 e. The van der Waals surface area contributed by atoms with Crippen LogP contribution in [0.15, 0.2) is 48.7 Å². The van der Waals surface area contributed by atoms with E-state index in [4.69, 9.17) is 16.3 Å². The fourth-order valence-electron chi connectivity index (χ4n) is 2.32. The summed E-state index contributed by atoms with van der Waals surface area (Å²) in [7, 11) is 3.37. The highest BCUT2D eigenvalue weighted by molar-refractivity contribution is 6.30. The second-order valence-corrected chi connectivity index (χ2v) is 5.94. The topological polar surface area (TPSA) is 54.5 Å². The average molecular weight is 348 g/mol. The highest BCUT2D eigenvalue weighted by Gasteiger charge is 2.19. The second-order valence-electron chi connectivity index (χ2n) is 5.50. The Labute approximate surface area is 147 Å². The predicted molar refractivity (Wildman–Crippen MR) is 95.0 cm³/mol. The molecule has 0 unspecified atom stereocenters. The van der Waals surface area contributed by atoms with Crippen molar-refractivity contribution < 1.29 is 9.53 Å². The third kappa shape index (κ3) is 4.69. The van der Waals surface area contributed by atoms with Crippen LogP contribution in [0.25, 0.3) is 0 Å². The summed E-state index contributed by atoms with van der Waals surface area (Å²) in [5.74, 6) is 0. The molecule has 6 heteroatoms. The highest BCUT2D eigenvalue weighted by atomic mass is 35.5. The minimum Gasteiger partial charge on any atom is -0.375 e. The predicted octanol–water partition coefficient (Wildman–Crippen LogP) is 3.83. The van der Waals surface area contributed by atoms with E-state index in [-0.39, 0.29) is 18.2 Å². The molecule has 1 aromatic heterocycles. The molecule has 1 aromatic carbocycles. The van der Waals surface area contributed by atoms with Gasteiger partial charge in [0.1, 0.15) is 0 Å². The molecule has 2 aromatic rings. The Morgan fingerprint density at radius 1 is 1.29 bits per heavy atom. The van der Waals surface area contributed by atoms with Crippen molar-refractivity contribution in [2.24, 2.45) is 0 Å². The van der Waals surface area contributed by atoms with E-state index < -0.39 is 0 Å². The van der Waals surface area contributed by atoms with Crippen LogP contribution in [0.5, 0.6) is 0 Å². The van der Waals surface area contributed by atoms with Gasteiger partial charge in [-0.2, -0.15) is 0 Å². The Hall–Kier alpha value is -2.11. The molecular formula is C18H22ClN3O2. The van der Waals surface area contributed by atoms with Gasteiger partial charge in [-0.25, -0.2) is 4.79 Å². The first-order chi connectivity index (χ1) is 11.5. The molecule has 0 spiro atoms. The zero-order chi connectivity index (χ0) is 17.5. The van der Waals surface area contributed by atoms with Gasteiger partial charge in [-0.15, -0.1) is 0 Å². The lowest BCUT2D eigenvalue weighted by atomic mass is 10.1. The fraction of sp³-hybridized carbons (Fsp3) is 0.333. The molecular weight excluding hydrogens is 326 g/mol. The Kier molecular flexibility index (Phi) is 6.58. The normalized spacial score (nSPS) is 13.2. The molecule has 0 aliphatic carbocycles. The van der Waals surface area contributed by atoms with Gasteiger partial charge in [0.15, 0.2) is 0 Å². The number of hydrogen-bond acceptors (Lipinski definition) is 3. The van der Waals surface area contributed by atoms with Gasteiger partial charge < -0.3 is 15.0 Å². The summed E-state index contributed by atoms with van der Waals surface area (Å²) < 4.78 is 5.46. The number of pyridine rings is 1. The van der Waals surface area contributed by atoms with Crippen molar-refractivity contribution in [3.8, 4) is 0 Å². The van der Waals surface area contributed by atoms with Gasteiger partial charge in [0.2, 0.25) is 0 Å². The summed E-state index contributed by atoms with van der Waals surface area (Å²) in [6, 6.07) is 12.8. The number of nitrogens with zero attached hydrogens (tertiary/aromatic N) is 2. The van der Waals surface area contributed by atoms with E-state index >= 15 is 0 Å². The third-order valence-electron chi connectivity index (χ3n) is 3.98. The number of methoxy groups -OCH3 is 1. The first-order valence-corrected chi connectivity index (χ1v) is 8.10. The molecule has 0 radical (unpaired) electrons. The maximum absolute atomic E-state index is 12.4. The van der Waals surface area contributed by atoms with E-state index in [1.54, 1.807) is 37.4 Å². The highest BCUT2D eigenvalue weighted by Crippen LogP contribution is 2.19. The lowest BCUT2D eigenvalue weighted by molar-refractivity contribution is 0.101. The summed E-state index contributed by atoms with van der Waals surface area (Å²) in [5, 5.41) is 3.57. The first-order valence-electron chi connectivity index (χ1n) is 7.72. The van der Waals surface area contributed by atoms with Crippen molar-refractivity contribution in [1.82, 2.24) is 15.2 Å². The van der Waals surface area contributed by atoms with Crippen LogP contribution in [0.2, 0.25) is 5.02 Å². The minimum atomic E-state index is -0.232. The van der Waals surface area contributed by atoms with Gasteiger partial charge in [0.05, 0.1) is 17.8 Å². The second kappa shape index (κ2) is 8.66. The quantitative estimate of drug-likeness (QED) is 0.864. The summed E-state index contributed by atoms with van der Waals surface area (Å²) in [6.07, 6.45) is 1.49. The molecule has 0 saturated heterocycles. The average Bonchev–Trinajstić information content (AvgIpc) is 2.62. The Morgan fingerprint density at radius 3 is 2.58 bits per heavy atom. The van der Waals surface area contributed by atoms with Crippen molar-refractivity contribution in [1.29, 1.82) is 0 Å². The van der Waals surface area contributed by atoms with Gasteiger partial charge >= 0.3 is 6.03 Å². The standard InChI is InChI=1S/C18H22ClN3O2/c1-13(16-6-4-5-11-20-16)22(2)18(23)21-12-17(24-3)14-7-9-15(19)10-8-14/h4-11,13,17H,12H2,1-3H3,(H,21,23)/t13-,17+/m0/s1. The summed E-state index contributed by atoms with van der Waals surface area (Å²) >= 11 is 5.90. The lowest BCUT2D eigenvalue weighted by Crippen LogP contribution is -2.40. The van der Waals surface area contributed by atoms with Crippen molar-refractivity contribution in [3.63, 3.8) is 0 Å². The number of amides is 2. The molecule has 0 fully saturated rings. The van der Waals surface area contributed by atoms with Gasteiger partial charge in [-0.3, -0.25) is 4.98 Å². The number of benzene rings is 1. The van der Waals surface area contributed by atoms with Crippen LogP contribution in [0.1, 0.15) is 30.3 Å². The molecule has 0 saturated carbocycles. The number of carbonyl (C=O) groups is 1. The van der Waals surface area contributed by atoms with E-state index in [2.05, 4.69) is 10.3 Å². The molecule has 2 atom stereocenters. The van der Waals surface area contributed by atoms with Crippen molar-refractivity contribution >= 4 is 17.6 Å². The van der Waals surface area contributed by atoms with Crippen LogP contribution in [0, 0.1) is 0 Å². The number of carbonyl (C=O) groups excluding carboxylic acids is 1. The Bertz CT molecular complexity index is 649. The number of rotatable bonds is 6. The number of hydrogen-bond donors (Lipinski definition) is 1. The number of halogens is 1. The van der Waals surface area contributed by atoms with Crippen LogP contribution in [-0.4, -0.2) is 36.6 Å². The minimum absolute atomic E-state index is 0.122. The SMILES string of the molecule is CO[C@H](CNC(=O)N(C)[C@@H](C)c1ccccn1)c1ccc(Cl)cc1. The molecule has 24 heavy (non-hydrogen) atoms. The van der Waals surface area contributed by atoms with E-state index in [1.165, 1.54) is 0 Å². The van der Waals surface area contributed by atoms with E-state index in [9.17, 15) is 4.79 Å². The van der Waals surface area contributed by atoms with Crippen LogP contribution < -0.4 is 5.32 Å². The van der Waals surface area contributed by atoms with E-state index in [1.807, 2.05) is 37.3 Å². The Balaban J connectivity index is 1.94. The molecule has 0 aliphatic heterocycles. The molecule has 5 nitrogen and oxygen atoms in total. The first kappa shape index (κ1) is 18.2. The molecule has 1 N–H and O–H groups in total. The lowest BCUT2D eigenvalue weighted by Gasteiger charge is -2.26. The molecule has 2 rings (SSSR count). The zero-order valence-corrected chi connectivity index (χ0v) is 14.8. The number of nitrogens with one attached hydrogen (secondary N) is 1. The third-order valence-corrected chi connectivity index (χ3v) is 4.23. The fourth-order valence-corrected chi connectivity index (χ4v) is 2.44. The summed E-state index contributed by atoms with van der Waals surface area (Å²) in [4.78, 5) is 18.3.